The van der Waals surface area contributed by atoms with Gasteiger partial charge in [0.15, 0.2) is 0 Å². The normalized spacial score (nSPS) is 24.1. The van der Waals surface area contributed by atoms with Crippen LogP contribution in [0.3, 0.4) is 0 Å². The van der Waals surface area contributed by atoms with Gasteiger partial charge in [-0.15, -0.1) is 0 Å². The van der Waals surface area contributed by atoms with E-state index >= 15 is 0 Å². The van der Waals surface area contributed by atoms with Crippen molar-refractivity contribution < 1.29 is 4.79 Å². The number of aromatic nitrogens is 4. The molecule has 3 N–H and O–H groups in total. The van der Waals surface area contributed by atoms with E-state index in [0.717, 1.165) is 41.6 Å². The highest BCUT2D eigenvalue weighted by atomic mass is 16.1. The quantitative estimate of drug-likeness (QED) is 0.774. The van der Waals surface area contributed by atoms with Gasteiger partial charge in [-0.3, -0.25) is 14.9 Å². The molecule has 122 valence electrons. The van der Waals surface area contributed by atoms with Crippen LogP contribution in [0.4, 0.5) is 0 Å². The van der Waals surface area contributed by atoms with Gasteiger partial charge in [0.05, 0.1) is 22.8 Å². The lowest BCUT2D eigenvalue weighted by Crippen LogP contribution is -2.48. The van der Waals surface area contributed by atoms with E-state index in [1.54, 1.807) is 12.4 Å². The van der Waals surface area contributed by atoms with Gasteiger partial charge in [-0.25, -0.2) is 4.98 Å². The van der Waals surface area contributed by atoms with Gasteiger partial charge in [-0.1, -0.05) is 18.9 Å². The van der Waals surface area contributed by atoms with Crippen molar-refractivity contribution in [3.8, 4) is 0 Å². The van der Waals surface area contributed by atoms with Crippen LogP contribution in [0, 0.1) is 0 Å². The van der Waals surface area contributed by atoms with E-state index in [2.05, 4.69) is 15.2 Å². The Morgan fingerprint density at radius 2 is 2.17 bits per heavy atom. The van der Waals surface area contributed by atoms with E-state index in [1.807, 2.05) is 30.5 Å². The van der Waals surface area contributed by atoms with E-state index in [1.165, 1.54) is 0 Å². The Hall–Kier alpha value is -2.76. The minimum atomic E-state index is -0.799. The lowest BCUT2D eigenvalue weighted by molar-refractivity contribution is -0.125. The summed E-state index contributed by atoms with van der Waals surface area (Å²) in [4.78, 5) is 21.6. The Morgan fingerprint density at radius 3 is 2.96 bits per heavy atom. The van der Waals surface area contributed by atoms with Crippen LogP contribution in [0.2, 0.25) is 0 Å². The number of carbonyl (C=O) groups is 1. The van der Waals surface area contributed by atoms with Crippen molar-refractivity contribution >= 4 is 16.9 Å². The van der Waals surface area contributed by atoms with Crippen LogP contribution in [-0.4, -0.2) is 26.1 Å². The molecule has 1 aliphatic carbocycles. The summed E-state index contributed by atoms with van der Waals surface area (Å²) in [6.45, 7) is 0. The van der Waals surface area contributed by atoms with E-state index < -0.39 is 5.41 Å². The molecule has 6 nitrogen and oxygen atoms in total. The number of fused-ring (bicyclic) bond motifs is 1. The van der Waals surface area contributed by atoms with Crippen LogP contribution >= 0.6 is 0 Å². The van der Waals surface area contributed by atoms with Crippen molar-refractivity contribution in [3.05, 3.63) is 54.1 Å². The summed E-state index contributed by atoms with van der Waals surface area (Å²) in [6, 6.07) is 7.75. The Bertz CT molecular complexity index is 875. The standard InChI is InChI=1S/C18H19N5O/c19-17(24)18(16-7-6-14-15(22-16)11-21-23-14)8-2-1-5-13(18)12-4-3-9-20-10-12/h3-4,6-7,9-11,13H,1-2,5,8H2,(H2,19,24)(H,21,23). The molecule has 3 aromatic rings. The fourth-order valence-electron chi connectivity index (χ4n) is 4.01. The smallest absolute Gasteiger partial charge is 0.230 e. The van der Waals surface area contributed by atoms with Crippen LogP contribution in [0.5, 0.6) is 0 Å². The molecule has 0 saturated heterocycles. The van der Waals surface area contributed by atoms with Crippen molar-refractivity contribution in [2.24, 2.45) is 5.73 Å². The minimum Gasteiger partial charge on any atom is -0.369 e. The molecule has 1 saturated carbocycles. The zero-order valence-corrected chi connectivity index (χ0v) is 13.3. The third-order valence-corrected chi connectivity index (χ3v) is 5.19. The third kappa shape index (κ3) is 2.18. The number of aromatic amines is 1. The SMILES string of the molecule is NC(=O)C1(c2ccc3[nH]ncc3n2)CCCCC1c1cccnc1. The van der Waals surface area contributed by atoms with Gasteiger partial charge in [0.25, 0.3) is 0 Å². The highest BCUT2D eigenvalue weighted by Gasteiger charge is 2.49. The van der Waals surface area contributed by atoms with Gasteiger partial charge in [0.1, 0.15) is 5.52 Å². The molecule has 0 aromatic carbocycles. The Kier molecular flexibility index (Phi) is 3.52. The number of nitrogens with zero attached hydrogens (tertiary/aromatic N) is 3. The van der Waals surface area contributed by atoms with Crippen LogP contribution < -0.4 is 5.73 Å². The second-order valence-corrected chi connectivity index (χ2v) is 6.42. The molecule has 3 aromatic heterocycles. The second-order valence-electron chi connectivity index (χ2n) is 6.42. The maximum atomic E-state index is 12.7. The molecule has 0 spiro atoms. The Labute approximate surface area is 139 Å². The summed E-state index contributed by atoms with van der Waals surface area (Å²) in [5.74, 6) is -0.319. The second kappa shape index (κ2) is 5.70. The molecule has 4 rings (SSSR count). The van der Waals surface area contributed by atoms with Gasteiger partial charge in [0, 0.05) is 18.3 Å². The monoisotopic (exact) mass is 321 g/mol. The van der Waals surface area contributed by atoms with E-state index in [9.17, 15) is 4.79 Å². The van der Waals surface area contributed by atoms with E-state index in [-0.39, 0.29) is 11.8 Å². The van der Waals surface area contributed by atoms with Crippen molar-refractivity contribution in [1.29, 1.82) is 0 Å². The molecule has 1 amide bonds. The number of amides is 1. The third-order valence-electron chi connectivity index (χ3n) is 5.19. The molecule has 6 heteroatoms. The predicted molar refractivity (Wildman–Crippen MR) is 90.2 cm³/mol. The number of nitrogens with one attached hydrogen (secondary N) is 1. The average Bonchev–Trinajstić information content (AvgIpc) is 3.10. The molecule has 24 heavy (non-hydrogen) atoms. The summed E-state index contributed by atoms with van der Waals surface area (Å²) in [6.07, 6.45) is 8.90. The largest absolute Gasteiger partial charge is 0.369 e. The van der Waals surface area contributed by atoms with Crippen LogP contribution in [-0.2, 0) is 10.2 Å². The predicted octanol–water partition coefficient (Wildman–Crippen LogP) is 2.43. The maximum absolute atomic E-state index is 12.7. The van der Waals surface area contributed by atoms with Gasteiger partial charge < -0.3 is 5.73 Å². The van der Waals surface area contributed by atoms with Crippen molar-refractivity contribution in [3.63, 3.8) is 0 Å². The molecule has 1 aliphatic rings. The minimum absolute atomic E-state index is 0.00528. The van der Waals surface area contributed by atoms with Crippen LogP contribution in [0.25, 0.3) is 11.0 Å². The zero-order chi connectivity index (χ0) is 16.6. The molecule has 0 bridgehead atoms. The molecule has 1 fully saturated rings. The van der Waals surface area contributed by atoms with E-state index in [0.29, 0.717) is 6.42 Å². The lowest BCUT2D eigenvalue weighted by Gasteiger charge is -2.41. The molecule has 2 atom stereocenters. The molecule has 0 radical (unpaired) electrons. The molecule has 2 unspecified atom stereocenters. The first-order valence-electron chi connectivity index (χ1n) is 8.22. The molecule has 3 heterocycles. The van der Waals surface area contributed by atoms with Gasteiger partial charge in [-0.2, -0.15) is 5.10 Å². The number of hydrogen-bond acceptors (Lipinski definition) is 4. The fourth-order valence-corrected chi connectivity index (χ4v) is 4.01. The van der Waals surface area contributed by atoms with Gasteiger partial charge in [0.2, 0.25) is 5.91 Å². The summed E-state index contributed by atoms with van der Waals surface area (Å²) >= 11 is 0. The number of carbonyl (C=O) groups excluding carboxylic acids is 1. The maximum Gasteiger partial charge on any atom is 0.230 e. The van der Waals surface area contributed by atoms with Crippen LogP contribution in [0.15, 0.2) is 42.9 Å². The first-order chi connectivity index (χ1) is 11.7. The number of primary amides is 1. The van der Waals surface area contributed by atoms with Gasteiger partial charge >= 0.3 is 0 Å². The lowest BCUT2D eigenvalue weighted by atomic mass is 9.61. The fraction of sp³-hybridized carbons (Fsp3) is 0.333. The number of rotatable bonds is 3. The van der Waals surface area contributed by atoms with E-state index in [4.69, 9.17) is 10.7 Å². The highest BCUT2D eigenvalue weighted by molar-refractivity contribution is 5.88. The molecule has 0 aliphatic heterocycles. The van der Waals surface area contributed by atoms with Gasteiger partial charge in [-0.05, 0) is 36.6 Å². The number of nitrogens with two attached hydrogens (primary N) is 1. The van der Waals surface area contributed by atoms with Crippen LogP contribution in [0.1, 0.15) is 42.9 Å². The first kappa shape index (κ1) is 14.8. The van der Waals surface area contributed by atoms with Crippen molar-refractivity contribution in [1.82, 2.24) is 20.2 Å². The molecular formula is C18H19N5O. The van der Waals surface area contributed by atoms with Crippen molar-refractivity contribution in [2.45, 2.75) is 37.0 Å². The van der Waals surface area contributed by atoms with Crippen molar-refractivity contribution in [2.75, 3.05) is 0 Å². The number of H-pyrrole nitrogens is 1. The first-order valence-corrected chi connectivity index (χ1v) is 8.22. The topological polar surface area (TPSA) is 97.6 Å². The summed E-state index contributed by atoms with van der Waals surface area (Å²) < 4.78 is 0. The molecular weight excluding hydrogens is 302 g/mol. The average molecular weight is 321 g/mol. The summed E-state index contributed by atoms with van der Waals surface area (Å²) in [7, 11) is 0. The summed E-state index contributed by atoms with van der Waals surface area (Å²) in [5.41, 5.74) is 8.55. The zero-order valence-electron chi connectivity index (χ0n) is 13.3. The number of hydrogen-bond donors (Lipinski definition) is 2. The number of pyridine rings is 2. The highest BCUT2D eigenvalue weighted by Crippen LogP contribution is 2.48. The Balaban J connectivity index is 1.90. The summed E-state index contributed by atoms with van der Waals surface area (Å²) in [5, 5.41) is 6.91. The Morgan fingerprint density at radius 1 is 1.25 bits per heavy atom.